The fourth-order valence-electron chi connectivity index (χ4n) is 1.57. The Morgan fingerprint density at radius 3 is 2.90 bits per heavy atom. The highest BCUT2D eigenvalue weighted by molar-refractivity contribution is 6.31. The van der Waals surface area contributed by atoms with Gasteiger partial charge in [-0.25, -0.2) is 0 Å². The summed E-state index contributed by atoms with van der Waals surface area (Å²) in [4.78, 5) is 22.0. The maximum atomic E-state index is 11.8. The Labute approximate surface area is 120 Å². The summed E-state index contributed by atoms with van der Waals surface area (Å²) in [5.41, 5.74) is -0.423. The van der Waals surface area contributed by atoms with E-state index in [1.165, 1.54) is 19.2 Å². The predicted octanol–water partition coefficient (Wildman–Crippen LogP) is 1.38. The quantitative estimate of drug-likeness (QED) is 0.585. The van der Waals surface area contributed by atoms with Crippen LogP contribution in [0.15, 0.2) is 18.2 Å². The van der Waals surface area contributed by atoms with E-state index in [4.69, 9.17) is 16.3 Å². The summed E-state index contributed by atoms with van der Waals surface area (Å²) < 4.78 is 4.74. The van der Waals surface area contributed by atoms with Crippen molar-refractivity contribution < 1.29 is 19.6 Å². The number of carbonyl (C=O) groups excluding carboxylic acids is 1. The molecule has 0 spiro atoms. The average Bonchev–Trinajstić information content (AvgIpc) is 2.38. The van der Waals surface area contributed by atoms with Gasteiger partial charge in [-0.3, -0.25) is 14.9 Å². The van der Waals surface area contributed by atoms with E-state index in [0.29, 0.717) is 6.42 Å². The maximum Gasteiger partial charge on any atom is 0.283 e. The Bertz CT molecular complexity index is 495. The van der Waals surface area contributed by atoms with Crippen LogP contribution in [0.2, 0.25) is 5.02 Å². The first kappa shape index (κ1) is 16.4. The molecule has 20 heavy (non-hydrogen) atoms. The lowest BCUT2D eigenvalue weighted by atomic mass is 10.1. The molecule has 1 aromatic carbocycles. The number of hydrogen-bond donors (Lipinski definition) is 2. The summed E-state index contributed by atoms with van der Waals surface area (Å²) >= 11 is 5.66. The number of amides is 1. The molecule has 0 bridgehead atoms. The average molecular weight is 303 g/mol. The summed E-state index contributed by atoms with van der Waals surface area (Å²) in [7, 11) is 1.46. The summed E-state index contributed by atoms with van der Waals surface area (Å²) in [6.07, 6.45) is -0.401. The van der Waals surface area contributed by atoms with Crippen LogP contribution in [0.5, 0.6) is 0 Å². The topological polar surface area (TPSA) is 102 Å². The first-order chi connectivity index (χ1) is 9.45. The number of ether oxygens (including phenoxy) is 1. The molecule has 0 aliphatic heterocycles. The molecule has 0 saturated heterocycles. The monoisotopic (exact) mass is 302 g/mol. The Morgan fingerprint density at radius 2 is 2.30 bits per heavy atom. The molecule has 0 fully saturated rings. The third-order valence-corrected chi connectivity index (χ3v) is 2.76. The van der Waals surface area contributed by atoms with Crippen molar-refractivity contribution in [2.24, 2.45) is 0 Å². The van der Waals surface area contributed by atoms with Gasteiger partial charge in [0.15, 0.2) is 0 Å². The molecule has 1 rings (SSSR count). The number of nitro groups is 1. The van der Waals surface area contributed by atoms with Crippen LogP contribution in [0.1, 0.15) is 16.8 Å². The zero-order valence-electron chi connectivity index (χ0n) is 10.8. The fourth-order valence-corrected chi connectivity index (χ4v) is 1.74. The van der Waals surface area contributed by atoms with Crippen molar-refractivity contribution in [1.29, 1.82) is 0 Å². The second-order valence-electron chi connectivity index (χ2n) is 4.07. The van der Waals surface area contributed by atoms with Crippen molar-refractivity contribution in [3.05, 3.63) is 38.9 Å². The Hall–Kier alpha value is -1.70. The third kappa shape index (κ3) is 4.76. The minimum absolute atomic E-state index is 0.0689. The van der Waals surface area contributed by atoms with Crippen LogP contribution < -0.4 is 5.32 Å². The fraction of sp³-hybridized carbons (Fsp3) is 0.417. The van der Waals surface area contributed by atoms with E-state index in [1.807, 2.05) is 0 Å². The van der Waals surface area contributed by atoms with Crippen LogP contribution in [-0.4, -0.2) is 42.3 Å². The van der Waals surface area contributed by atoms with Gasteiger partial charge < -0.3 is 15.2 Å². The van der Waals surface area contributed by atoms with Crippen LogP contribution in [0, 0.1) is 10.1 Å². The first-order valence-corrected chi connectivity index (χ1v) is 6.22. The van der Waals surface area contributed by atoms with Gasteiger partial charge in [0.1, 0.15) is 5.56 Å². The van der Waals surface area contributed by atoms with Crippen molar-refractivity contribution in [3.8, 4) is 0 Å². The summed E-state index contributed by atoms with van der Waals surface area (Å²) in [5.74, 6) is -0.585. The van der Waals surface area contributed by atoms with Gasteiger partial charge in [-0.05, 0) is 18.6 Å². The number of aliphatic hydroxyl groups is 1. The van der Waals surface area contributed by atoms with Crippen molar-refractivity contribution in [1.82, 2.24) is 5.32 Å². The number of benzene rings is 1. The smallest absolute Gasteiger partial charge is 0.283 e. The van der Waals surface area contributed by atoms with Crippen molar-refractivity contribution >= 4 is 23.2 Å². The molecule has 2 N–H and O–H groups in total. The van der Waals surface area contributed by atoms with E-state index < -0.39 is 16.9 Å². The Morgan fingerprint density at radius 1 is 1.60 bits per heavy atom. The van der Waals surface area contributed by atoms with Crippen LogP contribution in [-0.2, 0) is 4.74 Å². The van der Waals surface area contributed by atoms with E-state index in [2.05, 4.69) is 5.32 Å². The molecule has 1 unspecified atom stereocenters. The molecule has 1 amide bonds. The Kier molecular flexibility index (Phi) is 6.37. The molecule has 0 aromatic heterocycles. The van der Waals surface area contributed by atoms with Crippen LogP contribution in [0.3, 0.4) is 0 Å². The molecule has 1 aromatic rings. The molecule has 8 heteroatoms. The summed E-state index contributed by atoms with van der Waals surface area (Å²) in [5, 5.41) is 23.0. The lowest BCUT2D eigenvalue weighted by molar-refractivity contribution is -0.385. The highest BCUT2D eigenvalue weighted by atomic mass is 35.5. The van der Waals surface area contributed by atoms with E-state index in [1.54, 1.807) is 0 Å². The number of nitro benzene ring substituents is 1. The normalized spacial score (nSPS) is 11.9. The SMILES string of the molecule is COCC(O)CCNC(=O)c1ccc(Cl)cc1[N+](=O)[O-]. The molecule has 0 heterocycles. The van der Waals surface area contributed by atoms with E-state index in [9.17, 15) is 20.0 Å². The molecule has 0 saturated carbocycles. The first-order valence-electron chi connectivity index (χ1n) is 5.85. The molecule has 110 valence electrons. The lowest BCUT2D eigenvalue weighted by Gasteiger charge is -2.10. The highest BCUT2D eigenvalue weighted by Crippen LogP contribution is 2.23. The number of hydrogen-bond acceptors (Lipinski definition) is 5. The third-order valence-electron chi connectivity index (χ3n) is 2.52. The highest BCUT2D eigenvalue weighted by Gasteiger charge is 2.20. The van der Waals surface area contributed by atoms with Crippen LogP contribution in [0.4, 0.5) is 5.69 Å². The minimum atomic E-state index is -0.694. The van der Waals surface area contributed by atoms with E-state index in [-0.39, 0.29) is 29.4 Å². The number of aliphatic hydroxyl groups excluding tert-OH is 1. The van der Waals surface area contributed by atoms with Gasteiger partial charge >= 0.3 is 0 Å². The van der Waals surface area contributed by atoms with E-state index in [0.717, 1.165) is 6.07 Å². The van der Waals surface area contributed by atoms with Gasteiger partial charge in [0.05, 0.1) is 17.6 Å². The zero-order chi connectivity index (χ0) is 15.1. The van der Waals surface area contributed by atoms with Gasteiger partial charge in [0.2, 0.25) is 0 Å². The minimum Gasteiger partial charge on any atom is -0.391 e. The lowest BCUT2D eigenvalue weighted by Crippen LogP contribution is -2.29. The standard InChI is InChI=1S/C12H15ClN2O5/c1-20-7-9(16)4-5-14-12(17)10-3-2-8(13)6-11(10)15(18)19/h2-3,6,9,16H,4-5,7H2,1H3,(H,14,17). The van der Waals surface area contributed by atoms with Crippen LogP contribution in [0.25, 0.3) is 0 Å². The number of nitrogens with zero attached hydrogens (tertiary/aromatic N) is 1. The molecule has 0 aliphatic carbocycles. The number of rotatable bonds is 7. The molecular weight excluding hydrogens is 288 g/mol. The molecule has 0 aliphatic rings. The van der Waals surface area contributed by atoms with Crippen LogP contribution >= 0.6 is 11.6 Å². The molecular formula is C12H15ClN2O5. The number of methoxy groups -OCH3 is 1. The van der Waals surface area contributed by atoms with Crippen molar-refractivity contribution in [2.75, 3.05) is 20.3 Å². The second-order valence-corrected chi connectivity index (χ2v) is 4.51. The number of nitrogens with one attached hydrogen (secondary N) is 1. The summed E-state index contributed by atoms with van der Waals surface area (Å²) in [6, 6.07) is 3.82. The van der Waals surface area contributed by atoms with Gasteiger partial charge in [-0.2, -0.15) is 0 Å². The van der Waals surface area contributed by atoms with Crippen molar-refractivity contribution in [2.45, 2.75) is 12.5 Å². The largest absolute Gasteiger partial charge is 0.391 e. The van der Waals surface area contributed by atoms with Gasteiger partial charge in [0.25, 0.3) is 11.6 Å². The Balaban J connectivity index is 2.66. The maximum absolute atomic E-state index is 11.8. The predicted molar refractivity (Wildman–Crippen MR) is 72.9 cm³/mol. The number of carbonyl (C=O) groups is 1. The molecule has 7 nitrogen and oxygen atoms in total. The van der Waals surface area contributed by atoms with Gasteiger partial charge in [-0.15, -0.1) is 0 Å². The van der Waals surface area contributed by atoms with E-state index >= 15 is 0 Å². The van der Waals surface area contributed by atoms with Gasteiger partial charge in [-0.1, -0.05) is 11.6 Å². The second kappa shape index (κ2) is 7.78. The molecule has 0 radical (unpaired) electrons. The van der Waals surface area contributed by atoms with Gasteiger partial charge in [0, 0.05) is 24.7 Å². The zero-order valence-corrected chi connectivity index (χ0v) is 11.6. The van der Waals surface area contributed by atoms with Crippen molar-refractivity contribution in [3.63, 3.8) is 0 Å². The number of halogens is 1. The summed E-state index contributed by atoms with van der Waals surface area (Å²) in [6.45, 7) is 0.347. The molecule has 1 atom stereocenters.